The number of aromatic nitrogens is 4. The number of hydrogen-bond acceptors (Lipinski definition) is 4. The van der Waals surface area contributed by atoms with Crippen LogP contribution in [0.4, 0.5) is 0 Å². The number of nitrogens with zero attached hydrogens (tertiary/aromatic N) is 4. The average molecular weight is 210 g/mol. The van der Waals surface area contributed by atoms with Gasteiger partial charge in [-0.15, -0.1) is 10.2 Å². The maximum Gasteiger partial charge on any atom is 0.161 e. The fourth-order valence-corrected chi connectivity index (χ4v) is 0.429. The van der Waals surface area contributed by atoms with E-state index >= 15 is 0 Å². The Hall–Kier alpha value is -0.720. The number of tetrazole rings is 1. The van der Waals surface area contributed by atoms with Crippen LogP contribution in [0.15, 0.2) is 6.33 Å². The number of likely N-dealkylation sites (N-methyl/N-ethyl adjacent to an activating group) is 1. The van der Waals surface area contributed by atoms with Crippen molar-refractivity contribution in [2.24, 2.45) is 0 Å². The third kappa shape index (κ3) is 14.2. The molecule has 0 radical (unpaired) electrons. The summed E-state index contributed by atoms with van der Waals surface area (Å²) in [5, 5.41) is 20.6. The molecule has 0 amide bonds. The smallest absolute Gasteiger partial charge is 0.161 e. The Morgan fingerprint density at radius 1 is 1.38 bits per heavy atom. The molecule has 0 unspecified atom stereocenters. The van der Waals surface area contributed by atoms with Crippen LogP contribution >= 0.6 is 0 Å². The lowest BCUT2D eigenvalue weighted by Gasteiger charge is -2.21. The number of aromatic amines is 1. The number of halogens is 1. The predicted molar refractivity (Wildman–Crippen MR) is 44.2 cm³/mol. The Bertz CT molecular complexity index is 156. The highest BCUT2D eigenvalue weighted by Crippen LogP contribution is 1.84. The van der Waals surface area contributed by atoms with Crippen molar-refractivity contribution >= 4 is 0 Å². The Kier molecular flexibility index (Phi) is 8.99. The van der Waals surface area contributed by atoms with Crippen molar-refractivity contribution < 1.29 is 22.0 Å². The van der Waals surface area contributed by atoms with Gasteiger partial charge in [-0.2, -0.15) is 5.21 Å². The fraction of sp³-hybridized carbons (Fsp3) is 0.833. The van der Waals surface area contributed by atoms with E-state index < -0.39 is 0 Å². The van der Waals surface area contributed by atoms with Crippen molar-refractivity contribution in [3.8, 4) is 0 Å². The summed E-state index contributed by atoms with van der Waals surface area (Å²) in [6.07, 6.45) is 1.33. The minimum atomic E-state index is 0. The van der Waals surface area contributed by atoms with Crippen LogP contribution in [0.25, 0.3) is 0 Å². The molecule has 0 aliphatic rings. The van der Waals surface area contributed by atoms with Crippen LogP contribution in [-0.4, -0.2) is 64.5 Å². The van der Waals surface area contributed by atoms with E-state index in [1.807, 2.05) is 0 Å². The molecule has 0 saturated carbocycles. The lowest BCUT2D eigenvalue weighted by molar-refractivity contribution is -0.870. The summed E-state index contributed by atoms with van der Waals surface area (Å²) in [6, 6.07) is 0. The second-order valence-electron chi connectivity index (χ2n) is 3.30. The van der Waals surface area contributed by atoms with E-state index in [0.717, 1.165) is 11.0 Å². The van der Waals surface area contributed by atoms with Crippen molar-refractivity contribution in [3.63, 3.8) is 0 Å². The predicted octanol–water partition coefficient (Wildman–Crippen LogP) is -4.11. The van der Waals surface area contributed by atoms with Gasteiger partial charge in [0.05, 0.1) is 27.7 Å². The molecular weight excluding hydrogens is 194 g/mol. The average Bonchev–Trinajstić information content (AvgIpc) is 2.38. The van der Waals surface area contributed by atoms with Crippen molar-refractivity contribution in [2.75, 3.05) is 34.3 Å². The standard InChI is InChI=1S/C5H14NO.CH2N4.ClH/c1-6(2,3)4-5-7;1-2-4-5-3-1;/h7H,4-5H2,1-3H3;1H,(H,2,3,4,5);1H/q+1;;/p-1. The molecule has 6 nitrogen and oxygen atoms in total. The molecule has 0 bridgehead atoms. The van der Waals surface area contributed by atoms with Gasteiger partial charge in [-0.05, 0) is 0 Å². The molecule has 0 saturated heterocycles. The van der Waals surface area contributed by atoms with E-state index in [1.165, 1.54) is 6.33 Å². The zero-order chi connectivity index (χ0) is 9.45. The fourth-order valence-electron chi connectivity index (χ4n) is 0.429. The van der Waals surface area contributed by atoms with E-state index in [2.05, 4.69) is 41.8 Å². The SMILES string of the molecule is C[N+](C)(C)CCO.[Cl-].c1nn[nH]n1. The number of quaternary nitrogens is 1. The summed E-state index contributed by atoms with van der Waals surface area (Å²) in [5.41, 5.74) is 0. The van der Waals surface area contributed by atoms with Crippen LogP contribution in [0, 0.1) is 0 Å². The Morgan fingerprint density at radius 2 is 2.00 bits per heavy atom. The van der Waals surface area contributed by atoms with E-state index in [4.69, 9.17) is 5.11 Å². The molecule has 1 heterocycles. The molecule has 1 aromatic heterocycles. The van der Waals surface area contributed by atoms with Gasteiger partial charge in [-0.1, -0.05) is 5.21 Å². The summed E-state index contributed by atoms with van der Waals surface area (Å²) in [4.78, 5) is 0. The molecule has 0 atom stereocenters. The third-order valence-corrected chi connectivity index (χ3v) is 1.04. The molecular formula is C6H16ClN5O. The summed E-state index contributed by atoms with van der Waals surface area (Å²) in [7, 11) is 6.16. The quantitative estimate of drug-likeness (QED) is 0.486. The first-order valence-corrected chi connectivity index (χ1v) is 3.64. The topological polar surface area (TPSA) is 74.7 Å². The lowest BCUT2D eigenvalue weighted by Crippen LogP contribution is -3.00. The van der Waals surface area contributed by atoms with Crippen molar-refractivity contribution in [2.45, 2.75) is 0 Å². The van der Waals surface area contributed by atoms with Gasteiger partial charge in [-0.25, -0.2) is 0 Å². The normalized spacial score (nSPS) is 9.54. The highest BCUT2D eigenvalue weighted by atomic mass is 35.5. The molecule has 0 fully saturated rings. The van der Waals surface area contributed by atoms with E-state index in [1.54, 1.807) is 0 Å². The van der Waals surface area contributed by atoms with Gasteiger partial charge < -0.3 is 22.0 Å². The van der Waals surface area contributed by atoms with Gasteiger partial charge in [0.25, 0.3) is 0 Å². The Morgan fingerprint density at radius 3 is 2.08 bits per heavy atom. The zero-order valence-electron chi connectivity index (χ0n) is 8.11. The number of hydrogen-bond donors (Lipinski definition) is 2. The van der Waals surface area contributed by atoms with Crippen LogP contribution < -0.4 is 12.4 Å². The van der Waals surface area contributed by atoms with E-state index in [0.29, 0.717) is 0 Å². The number of nitrogens with one attached hydrogen (secondary N) is 1. The van der Waals surface area contributed by atoms with Crippen molar-refractivity contribution in [3.05, 3.63) is 6.33 Å². The summed E-state index contributed by atoms with van der Waals surface area (Å²) < 4.78 is 0.844. The maximum absolute atomic E-state index is 8.39. The van der Waals surface area contributed by atoms with E-state index in [9.17, 15) is 0 Å². The summed E-state index contributed by atoms with van der Waals surface area (Å²) >= 11 is 0. The van der Waals surface area contributed by atoms with Crippen LogP contribution in [0.3, 0.4) is 0 Å². The molecule has 0 aliphatic heterocycles. The largest absolute Gasteiger partial charge is 1.00 e. The molecule has 1 aromatic rings. The lowest BCUT2D eigenvalue weighted by atomic mass is 10.5. The third-order valence-electron chi connectivity index (χ3n) is 1.04. The van der Waals surface area contributed by atoms with Crippen LogP contribution in [0.2, 0.25) is 0 Å². The van der Waals surface area contributed by atoms with Gasteiger partial charge in [-0.3, -0.25) is 0 Å². The molecule has 13 heavy (non-hydrogen) atoms. The minimum absolute atomic E-state index is 0. The van der Waals surface area contributed by atoms with Gasteiger partial charge >= 0.3 is 0 Å². The first kappa shape index (κ1) is 14.8. The van der Waals surface area contributed by atoms with Gasteiger partial charge in [0.2, 0.25) is 0 Å². The minimum Gasteiger partial charge on any atom is -1.00 e. The molecule has 7 heteroatoms. The summed E-state index contributed by atoms with van der Waals surface area (Å²) in [5.74, 6) is 0. The van der Waals surface area contributed by atoms with Crippen LogP contribution in [-0.2, 0) is 0 Å². The molecule has 0 aromatic carbocycles. The molecule has 1 rings (SSSR count). The number of aliphatic hydroxyl groups is 1. The second kappa shape index (κ2) is 7.90. The monoisotopic (exact) mass is 209 g/mol. The Labute approximate surface area is 84.0 Å². The van der Waals surface area contributed by atoms with E-state index in [-0.39, 0.29) is 19.0 Å². The first-order valence-electron chi connectivity index (χ1n) is 3.64. The van der Waals surface area contributed by atoms with Crippen LogP contribution in [0.5, 0.6) is 0 Å². The maximum atomic E-state index is 8.39. The molecule has 0 aliphatic carbocycles. The number of H-pyrrole nitrogens is 1. The molecule has 78 valence electrons. The summed E-state index contributed by atoms with van der Waals surface area (Å²) in [6.45, 7) is 1.11. The van der Waals surface area contributed by atoms with Crippen molar-refractivity contribution in [1.82, 2.24) is 20.6 Å². The first-order chi connectivity index (χ1) is 5.56. The van der Waals surface area contributed by atoms with Gasteiger partial charge in [0.15, 0.2) is 6.33 Å². The second-order valence-corrected chi connectivity index (χ2v) is 3.30. The number of aliphatic hydroxyl groups excluding tert-OH is 1. The van der Waals surface area contributed by atoms with Crippen LogP contribution in [0.1, 0.15) is 0 Å². The van der Waals surface area contributed by atoms with Gasteiger partial charge in [0, 0.05) is 0 Å². The number of rotatable bonds is 2. The zero-order valence-corrected chi connectivity index (χ0v) is 8.86. The molecule has 2 N–H and O–H groups in total. The van der Waals surface area contributed by atoms with Gasteiger partial charge in [0.1, 0.15) is 6.54 Å². The highest BCUT2D eigenvalue weighted by Gasteiger charge is 2.02. The highest BCUT2D eigenvalue weighted by molar-refractivity contribution is 4.24. The Balaban J connectivity index is 0. The van der Waals surface area contributed by atoms with Crippen molar-refractivity contribution in [1.29, 1.82) is 0 Å². The molecule has 0 spiro atoms.